The molecule has 1 amide bonds. The van der Waals surface area contributed by atoms with E-state index in [1.165, 1.54) is 17.0 Å². The zero-order valence-electron chi connectivity index (χ0n) is 11.8. The van der Waals surface area contributed by atoms with Crippen LogP contribution in [0.25, 0.3) is 0 Å². The number of hydrogen-bond acceptors (Lipinski definition) is 6. The van der Waals surface area contributed by atoms with Crippen molar-refractivity contribution in [2.24, 2.45) is 5.10 Å². The third-order valence-electron chi connectivity index (χ3n) is 2.81. The number of carbonyl (C=O) groups excluding carboxylic acids is 1. The van der Waals surface area contributed by atoms with E-state index in [1.54, 1.807) is 31.5 Å². The highest BCUT2D eigenvalue weighted by Crippen LogP contribution is 2.11. The summed E-state index contributed by atoms with van der Waals surface area (Å²) in [7, 11) is 0. The average Bonchev–Trinajstić information content (AvgIpc) is 2.88. The molecule has 114 valence electrons. The van der Waals surface area contributed by atoms with Crippen LogP contribution in [0.3, 0.4) is 0 Å². The van der Waals surface area contributed by atoms with Gasteiger partial charge in [-0.3, -0.25) is 9.78 Å². The van der Waals surface area contributed by atoms with Crippen LogP contribution in [0.5, 0.6) is 0 Å². The molecule has 0 aliphatic carbocycles. The summed E-state index contributed by atoms with van der Waals surface area (Å²) in [5.74, 6) is -0.531. The van der Waals surface area contributed by atoms with Gasteiger partial charge in [0.25, 0.3) is 0 Å². The fourth-order valence-corrected chi connectivity index (χ4v) is 1.70. The predicted molar refractivity (Wildman–Crippen MR) is 78.2 cm³/mol. The van der Waals surface area contributed by atoms with Crippen molar-refractivity contribution in [3.63, 3.8) is 0 Å². The number of pyridine rings is 1. The van der Waals surface area contributed by atoms with Gasteiger partial charge < -0.3 is 10.1 Å². The Bertz CT molecular complexity index is 695. The molecule has 9 nitrogen and oxygen atoms in total. The lowest BCUT2D eigenvalue weighted by Gasteiger charge is -1.99. The molecule has 0 spiro atoms. The van der Waals surface area contributed by atoms with Gasteiger partial charge in [0.15, 0.2) is 0 Å². The van der Waals surface area contributed by atoms with Gasteiger partial charge in [-0.05, 0) is 29.5 Å². The van der Waals surface area contributed by atoms with Crippen LogP contribution in [0, 0.1) is 17.0 Å². The van der Waals surface area contributed by atoms with Crippen molar-refractivity contribution >= 4 is 17.9 Å². The second kappa shape index (κ2) is 7.07. The van der Waals surface area contributed by atoms with Crippen LogP contribution in [0.1, 0.15) is 17.7 Å². The Morgan fingerprint density at radius 2 is 2.23 bits per heavy atom. The Hall–Kier alpha value is -3.10. The lowest BCUT2D eigenvalue weighted by molar-refractivity contribution is -0.389. The van der Waals surface area contributed by atoms with Crippen LogP contribution < -0.4 is 5.43 Å². The Labute approximate surface area is 125 Å². The molecule has 0 aromatic carbocycles. The molecular formula is C13H14N6O3. The summed E-state index contributed by atoms with van der Waals surface area (Å²) in [6, 6.07) is 4.86. The Morgan fingerprint density at radius 1 is 1.50 bits per heavy atom. The number of rotatable bonds is 6. The maximum Gasteiger partial charge on any atom is 0.390 e. The van der Waals surface area contributed by atoms with E-state index in [-0.39, 0.29) is 24.7 Å². The summed E-state index contributed by atoms with van der Waals surface area (Å²) in [4.78, 5) is 25.6. The summed E-state index contributed by atoms with van der Waals surface area (Å²) in [5, 5.41) is 18.2. The highest BCUT2D eigenvalue weighted by atomic mass is 16.6. The number of aromatic nitrogens is 3. The van der Waals surface area contributed by atoms with Crippen LogP contribution in [0.15, 0.2) is 35.7 Å². The van der Waals surface area contributed by atoms with Gasteiger partial charge in [-0.15, -0.1) is 0 Å². The Balaban J connectivity index is 1.83. The smallest absolute Gasteiger partial charge is 0.358 e. The van der Waals surface area contributed by atoms with Gasteiger partial charge in [-0.1, -0.05) is 0 Å². The van der Waals surface area contributed by atoms with Gasteiger partial charge in [0.2, 0.25) is 5.91 Å². The van der Waals surface area contributed by atoms with Crippen LogP contribution in [0.4, 0.5) is 5.82 Å². The minimum atomic E-state index is -0.567. The molecule has 2 heterocycles. The molecule has 0 radical (unpaired) electrons. The van der Waals surface area contributed by atoms with Crippen molar-refractivity contribution in [2.45, 2.75) is 19.9 Å². The first kappa shape index (κ1) is 15.3. The third-order valence-corrected chi connectivity index (χ3v) is 2.81. The van der Waals surface area contributed by atoms with Crippen LogP contribution in [0.2, 0.25) is 0 Å². The number of nitrogens with zero attached hydrogens (tertiary/aromatic N) is 5. The summed E-state index contributed by atoms with van der Waals surface area (Å²) >= 11 is 0. The highest BCUT2D eigenvalue weighted by molar-refractivity contribution is 5.82. The number of hydrazone groups is 1. The fourth-order valence-electron chi connectivity index (χ4n) is 1.70. The first-order valence-corrected chi connectivity index (χ1v) is 6.47. The van der Waals surface area contributed by atoms with Gasteiger partial charge in [-0.2, -0.15) is 9.78 Å². The van der Waals surface area contributed by atoms with Gasteiger partial charge in [0, 0.05) is 18.8 Å². The SMILES string of the molecule is Cc1cc([N+](=O)[O-])nn1CCC(=O)N/N=C\c1ccncc1. The van der Waals surface area contributed by atoms with E-state index in [1.807, 2.05) is 0 Å². The summed E-state index contributed by atoms with van der Waals surface area (Å²) in [6.07, 6.45) is 4.87. The average molecular weight is 302 g/mol. The molecule has 0 fully saturated rings. The van der Waals surface area contributed by atoms with Gasteiger partial charge in [0.05, 0.1) is 29.6 Å². The molecule has 0 saturated heterocycles. The van der Waals surface area contributed by atoms with Gasteiger partial charge >= 0.3 is 5.82 Å². The van der Waals surface area contributed by atoms with Crippen molar-refractivity contribution in [1.82, 2.24) is 20.2 Å². The molecule has 22 heavy (non-hydrogen) atoms. The Kier molecular flexibility index (Phi) is 4.91. The fraction of sp³-hybridized carbons (Fsp3) is 0.231. The molecule has 0 atom stereocenters. The Morgan fingerprint density at radius 3 is 2.86 bits per heavy atom. The largest absolute Gasteiger partial charge is 0.390 e. The van der Waals surface area contributed by atoms with Gasteiger partial charge in [-0.25, -0.2) is 5.43 Å². The summed E-state index contributed by atoms with van der Waals surface area (Å²) in [5.41, 5.74) is 3.82. The van der Waals surface area contributed by atoms with E-state index >= 15 is 0 Å². The number of amides is 1. The predicted octanol–water partition coefficient (Wildman–Crippen LogP) is 1.04. The molecular weight excluding hydrogens is 288 g/mol. The van der Waals surface area contributed by atoms with E-state index in [9.17, 15) is 14.9 Å². The normalized spacial score (nSPS) is 10.8. The van der Waals surface area contributed by atoms with Crippen molar-refractivity contribution in [1.29, 1.82) is 0 Å². The molecule has 2 aromatic heterocycles. The first-order valence-electron chi connectivity index (χ1n) is 6.47. The molecule has 0 aliphatic rings. The lowest BCUT2D eigenvalue weighted by atomic mass is 10.3. The highest BCUT2D eigenvalue weighted by Gasteiger charge is 2.15. The molecule has 2 rings (SSSR count). The molecule has 0 unspecified atom stereocenters. The van der Waals surface area contributed by atoms with E-state index in [0.29, 0.717) is 5.69 Å². The number of nitro groups is 1. The lowest BCUT2D eigenvalue weighted by Crippen LogP contribution is -2.20. The van der Waals surface area contributed by atoms with Gasteiger partial charge in [0.1, 0.15) is 0 Å². The maximum atomic E-state index is 11.6. The molecule has 0 aliphatic heterocycles. The van der Waals surface area contributed by atoms with Crippen molar-refractivity contribution < 1.29 is 9.72 Å². The minimum Gasteiger partial charge on any atom is -0.358 e. The third kappa shape index (κ3) is 4.20. The van der Waals surface area contributed by atoms with Crippen LogP contribution >= 0.6 is 0 Å². The number of nitrogens with one attached hydrogen (secondary N) is 1. The topological polar surface area (TPSA) is 115 Å². The van der Waals surface area contributed by atoms with E-state index in [0.717, 1.165) is 5.56 Å². The van der Waals surface area contributed by atoms with Crippen molar-refractivity contribution in [3.05, 3.63) is 52.0 Å². The van der Waals surface area contributed by atoms with E-state index in [2.05, 4.69) is 20.6 Å². The standard InChI is InChI=1S/C13H14N6O3/c1-10-8-12(19(21)22)17-18(10)7-4-13(20)16-15-9-11-2-5-14-6-3-11/h2-3,5-6,8-9H,4,7H2,1H3,(H,16,20)/b15-9-. The minimum absolute atomic E-state index is 0.118. The van der Waals surface area contributed by atoms with Crippen molar-refractivity contribution in [3.8, 4) is 0 Å². The van der Waals surface area contributed by atoms with Crippen LogP contribution in [-0.4, -0.2) is 31.8 Å². The van der Waals surface area contributed by atoms with E-state index < -0.39 is 4.92 Å². The first-order chi connectivity index (χ1) is 10.6. The zero-order chi connectivity index (χ0) is 15.9. The van der Waals surface area contributed by atoms with E-state index in [4.69, 9.17) is 0 Å². The maximum absolute atomic E-state index is 11.6. The molecule has 0 bridgehead atoms. The number of aryl methyl sites for hydroxylation is 2. The number of hydrogen-bond donors (Lipinski definition) is 1. The molecule has 1 N–H and O–H groups in total. The zero-order valence-corrected chi connectivity index (χ0v) is 11.8. The second-order valence-corrected chi connectivity index (χ2v) is 4.45. The molecule has 2 aromatic rings. The van der Waals surface area contributed by atoms with Crippen LogP contribution in [-0.2, 0) is 11.3 Å². The second-order valence-electron chi connectivity index (χ2n) is 4.45. The quantitative estimate of drug-likeness (QED) is 0.486. The molecule has 9 heteroatoms. The van der Waals surface area contributed by atoms with Crippen molar-refractivity contribution in [2.75, 3.05) is 0 Å². The number of carbonyl (C=O) groups is 1. The molecule has 0 saturated carbocycles. The summed E-state index contributed by atoms with van der Waals surface area (Å²) in [6.45, 7) is 1.94. The monoisotopic (exact) mass is 302 g/mol. The summed E-state index contributed by atoms with van der Waals surface area (Å²) < 4.78 is 1.42.